The summed E-state index contributed by atoms with van der Waals surface area (Å²) in [7, 11) is 0. The lowest BCUT2D eigenvalue weighted by atomic mass is 9.81. The SMILES string of the molecule is O=CC(c1ccccc1C(F)(F)F)C1CCSCC1. The minimum atomic E-state index is -4.40. The van der Waals surface area contributed by atoms with Crippen molar-refractivity contribution in [1.82, 2.24) is 0 Å². The number of benzene rings is 1. The van der Waals surface area contributed by atoms with Crippen LogP contribution in [-0.4, -0.2) is 17.8 Å². The molecule has 1 saturated heterocycles. The summed E-state index contributed by atoms with van der Waals surface area (Å²) in [6, 6.07) is 5.43. The van der Waals surface area contributed by atoms with E-state index in [9.17, 15) is 18.0 Å². The molecule has 0 aromatic heterocycles. The van der Waals surface area contributed by atoms with Crippen LogP contribution in [0.2, 0.25) is 0 Å². The van der Waals surface area contributed by atoms with E-state index in [1.807, 2.05) is 0 Å². The Balaban J connectivity index is 2.35. The second-order valence-electron chi connectivity index (χ2n) is 4.70. The molecule has 1 nitrogen and oxygen atoms in total. The predicted octanol–water partition coefficient (Wildman–Crippen LogP) is 4.13. The van der Waals surface area contributed by atoms with Crippen molar-refractivity contribution in [2.45, 2.75) is 24.9 Å². The standard InChI is InChI=1S/C14H15F3OS/c15-14(16,17)13-4-2-1-3-11(13)12(9-18)10-5-7-19-8-6-10/h1-4,9-10,12H,5-8H2. The zero-order chi connectivity index (χ0) is 13.9. The van der Waals surface area contributed by atoms with Gasteiger partial charge in [-0.15, -0.1) is 0 Å². The third kappa shape index (κ3) is 3.32. The van der Waals surface area contributed by atoms with Gasteiger partial charge in [0.2, 0.25) is 0 Å². The summed E-state index contributed by atoms with van der Waals surface area (Å²) < 4.78 is 39.0. The Hall–Kier alpha value is -0.970. The molecular weight excluding hydrogens is 273 g/mol. The second-order valence-corrected chi connectivity index (χ2v) is 5.92. The summed E-state index contributed by atoms with van der Waals surface area (Å²) in [5.74, 6) is 1.23. The minimum absolute atomic E-state index is 0.0299. The number of carbonyl (C=O) groups is 1. The van der Waals surface area contributed by atoms with E-state index < -0.39 is 17.7 Å². The van der Waals surface area contributed by atoms with Crippen LogP contribution in [0.15, 0.2) is 24.3 Å². The summed E-state index contributed by atoms with van der Waals surface area (Å²) in [6.07, 6.45) is -2.10. The maximum Gasteiger partial charge on any atom is 0.416 e. The van der Waals surface area contributed by atoms with Crippen molar-refractivity contribution in [3.8, 4) is 0 Å². The highest BCUT2D eigenvalue weighted by molar-refractivity contribution is 7.99. The van der Waals surface area contributed by atoms with Gasteiger partial charge in [-0.1, -0.05) is 18.2 Å². The summed E-state index contributed by atoms with van der Waals surface area (Å²) >= 11 is 1.79. The third-order valence-corrected chi connectivity index (χ3v) is 4.59. The highest BCUT2D eigenvalue weighted by Crippen LogP contribution is 2.40. The number of halogens is 3. The number of carbonyl (C=O) groups excluding carboxylic acids is 1. The van der Waals surface area contributed by atoms with Crippen LogP contribution in [0.1, 0.15) is 29.9 Å². The zero-order valence-electron chi connectivity index (χ0n) is 10.3. The summed E-state index contributed by atoms with van der Waals surface area (Å²) in [6.45, 7) is 0. The fraction of sp³-hybridized carbons (Fsp3) is 0.500. The van der Waals surface area contributed by atoms with E-state index in [-0.39, 0.29) is 11.5 Å². The molecule has 1 heterocycles. The Labute approximate surface area is 114 Å². The first-order valence-corrected chi connectivity index (χ1v) is 7.38. The van der Waals surface area contributed by atoms with Gasteiger partial charge in [-0.25, -0.2) is 0 Å². The lowest BCUT2D eigenvalue weighted by molar-refractivity contribution is -0.138. The fourth-order valence-electron chi connectivity index (χ4n) is 2.56. The quantitative estimate of drug-likeness (QED) is 0.778. The van der Waals surface area contributed by atoms with E-state index in [1.165, 1.54) is 12.1 Å². The highest BCUT2D eigenvalue weighted by atomic mass is 32.2. The first-order chi connectivity index (χ1) is 9.04. The van der Waals surface area contributed by atoms with Crippen LogP contribution in [0.5, 0.6) is 0 Å². The van der Waals surface area contributed by atoms with Crippen LogP contribution in [0.3, 0.4) is 0 Å². The number of hydrogen-bond donors (Lipinski definition) is 0. The average molecular weight is 288 g/mol. The van der Waals surface area contributed by atoms with Crippen molar-refractivity contribution in [2.75, 3.05) is 11.5 Å². The summed E-state index contributed by atoms with van der Waals surface area (Å²) in [4.78, 5) is 11.3. The molecule has 2 rings (SSSR count). The van der Waals surface area contributed by atoms with E-state index in [1.54, 1.807) is 17.8 Å². The molecule has 104 valence electrons. The molecule has 0 aliphatic carbocycles. The lowest BCUT2D eigenvalue weighted by Crippen LogP contribution is -2.22. The molecule has 1 aliphatic heterocycles. The largest absolute Gasteiger partial charge is 0.416 e. The van der Waals surface area contributed by atoms with Crippen LogP contribution < -0.4 is 0 Å². The lowest BCUT2D eigenvalue weighted by Gasteiger charge is -2.28. The molecule has 1 aromatic rings. The van der Waals surface area contributed by atoms with E-state index in [0.717, 1.165) is 30.4 Å². The Morgan fingerprint density at radius 3 is 2.42 bits per heavy atom. The number of rotatable bonds is 3. The predicted molar refractivity (Wildman–Crippen MR) is 70.3 cm³/mol. The van der Waals surface area contributed by atoms with Gasteiger partial charge >= 0.3 is 6.18 Å². The van der Waals surface area contributed by atoms with Crippen LogP contribution in [-0.2, 0) is 11.0 Å². The topological polar surface area (TPSA) is 17.1 Å². The third-order valence-electron chi connectivity index (χ3n) is 3.55. The maximum atomic E-state index is 13.0. The van der Waals surface area contributed by atoms with Gasteiger partial charge in [-0.2, -0.15) is 24.9 Å². The molecule has 1 fully saturated rings. The highest BCUT2D eigenvalue weighted by Gasteiger charge is 2.37. The molecule has 0 amide bonds. The first kappa shape index (κ1) is 14.4. The molecule has 1 aromatic carbocycles. The van der Waals surface area contributed by atoms with Gasteiger partial charge in [-0.3, -0.25) is 0 Å². The van der Waals surface area contributed by atoms with Gasteiger partial charge < -0.3 is 4.79 Å². The molecule has 19 heavy (non-hydrogen) atoms. The van der Waals surface area contributed by atoms with Crippen molar-refractivity contribution in [3.05, 3.63) is 35.4 Å². The van der Waals surface area contributed by atoms with E-state index in [0.29, 0.717) is 6.29 Å². The number of alkyl halides is 3. The molecule has 1 unspecified atom stereocenters. The van der Waals surface area contributed by atoms with E-state index in [2.05, 4.69) is 0 Å². The Kier molecular flexibility index (Phi) is 4.55. The van der Waals surface area contributed by atoms with Gasteiger partial charge in [0, 0.05) is 5.92 Å². The molecule has 0 bridgehead atoms. The Morgan fingerprint density at radius 1 is 1.21 bits per heavy atom. The Morgan fingerprint density at radius 2 is 1.84 bits per heavy atom. The minimum Gasteiger partial charge on any atom is -0.303 e. The van der Waals surface area contributed by atoms with Crippen LogP contribution in [0, 0.1) is 5.92 Å². The monoisotopic (exact) mass is 288 g/mol. The van der Waals surface area contributed by atoms with Gasteiger partial charge in [0.25, 0.3) is 0 Å². The van der Waals surface area contributed by atoms with Crippen LogP contribution in [0.4, 0.5) is 13.2 Å². The Bertz CT molecular complexity index is 439. The zero-order valence-corrected chi connectivity index (χ0v) is 11.1. The van der Waals surface area contributed by atoms with Crippen molar-refractivity contribution in [1.29, 1.82) is 0 Å². The fourth-order valence-corrected chi connectivity index (χ4v) is 3.70. The molecule has 1 aliphatic rings. The molecule has 0 radical (unpaired) electrons. The number of hydrogen-bond acceptors (Lipinski definition) is 2. The van der Waals surface area contributed by atoms with E-state index in [4.69, 9.17) is 0 Å². The van der Waals surface area contributed by atoms with Gasteiger partial charge in [0.05, 0.1) is 5.56 Å². The van der Waals surface area contributed by atoms with Crippen molar-refractivity contribution in [2.24, 2.45) is 5.92 Å². The maximum absolute atomic E-state index is 13.0. The van der Waals surface area contributed by atoms with E-state index >= 15 is 0 Å². The molecule has 1 atom stereocenters. The normalized spacial score (nSPS) is 19.1. The van der Waals surface area contributed by atoms with Crippen molar-refractivity contribution < 1.29 is 18.0 Å². The van der Waals surface area contributed by atoms with Crippen molar-refractivity contribution >= 4 is 18.0 Å². The summed E-state index contributed by atoms with van der Waals surface area (Å²) in [5, 5.41) is 0. The average Bonchev–Trinajstić information content (AvgIpc) is 2.40. The number of aldehydes is 1. The smallest absolute Gasteiger partial charge is 0.303 e. The molecule has 5 heteroatoms. The molecule has 0 saturated carbocycles. The first-order valence-electron chi connectivity index (χ1n) is 6.23. The van der Waals surface area contributed by atoms with Crippen LogP contribution in [0.25, 0.3) is 0 Å². The molecule has 0 spiro atoms. The second kappa shape index (κ2) is 5.99. The number of thioether (sulfide) groups is 1. The van der Waals surface area contributed by atoms with Gasteiger partial charge in [0.15, 0.2) is 0 Å². The molecular formula is C14H15F3OS. The summed E-state index contributed by atoms with van der Waals surface area (Å²) in [5.41, 5.74) is -0.549. The van der Waals surface area contributed by atoms with Gasteiger partial charge in [0.1, 0.15) is 6.29 Å². The van der Waals surface area contributed by atoms with Crippen molar-refractivity contribution in [3.63, 3.8) is 0 Å². The van der Waals surface area contributed by atoms with Crippen LogP contribution >= 0.6 is 11.8 Å². The molecule has 0 N–H and O–H groups in total. The van der Waals surface area contributed by atoms with Gasteiger partial charge in [-0.05, 0) is 41.9 Å².